The number of nitrogens with zero attached hydrogens (tertiary/aromatic N) is 1. The fourth-order valence-electron chi connectivity index (χ4n) is 3.05. The van der Waals surface area contributed by atoms with Crippen LogP contribution in [-0.2, 0) is 15.4 Å². The Morgan fingerprint density at radius 3 is 2.24 bits per heavy atom. The number of halogens is 2. The molecule has 2 aromatic rings. The summed E-state index contributed by atoms with van der Waals surface area (Å²) in [5.41, 5.74) is -0.234. The summed E-state index contributed by atoms with van der Waals surface area (Å²) in [5.74, 6) is -1.85. The second-order valence-corrected chi connectivity index (χ2v) is 9.19. The molecule has 0 unspecified atom stereocenters. The molecule has 8 heteroatoms. The van der Waals surface area contributed by atoms with Crippen LogP contribution in [0.3, 0.4) is 0 Å². The molecule has 0 bridgehead atoms. The average Bonchev–Trinajstić information content (AvgIpc) is 2.67. The van der Waals surface area contributed by atoms with E-state index in [0.29, 0.717) is 5.56 Å². The lowest BCUT2D eigenvalue weighted by Gasteiger charge is -2.26. The van der Waals surface area contributed by atoms with Crippen LogP contribution in [-0.4, -0.2) is 38.3 Å². The van der Waals surface area contributed by atoms with Crippen molar-refractivity contribution < 1.29 is 22.0 Å². The van der Waals surface area contributed by atoms with E-state index in [-0.39, 0.29) is 31.0 Å². The summed E-state index contributed by atoms with van der Waals surface area (Å²) in [5, 5.41) is 2.68. The third-order valence-corrected chi connectivity index (χ3v) is 6.88. The normalized spacial score (nSPS) is 12.2. The summed E-state index contributed by atoms with van der Waals surface area (Å²) in [7, 11) is -4.05. The van der Waals surface area contributed by atoms with Crippen LogP contribution in [0.5, 0.6) is 0 Å². The molecule has 1 N–H and O–H groups in total. The fraction of sp³-hybridized carbons (Fsp3) is 0.381. The molecule has 0 spiro atoms. The van der Waals surface area contributed by atoms with E-state index >= 15 is 0 Å². The summed E-state index contributed by atoms with van der Waals surface area (Å²) in [6.45, 7) is 7.36. The number of hydrogen-bond donors (Lipinski definition) is 1. The Morgan fingerprint density at radius 1 is 1.03 bits per heavy atom. The smallest absolute Gasteiger partial charge is 0.251 e. The van der Waals surface area contributed by atoms with Crippen molar-refractivity contribution in [1.82, 2.24) is 9.62 Å². The standard InChI is InChI=1S/C21H26F2N2O3S/c1-5-25(6-2)29(27,28)19-13-15(11-12-18(19)23)20(26)24-14-21(3,4)16-9-7-8-10-17(16)22/h7-13H,5-6,14H2,1-4H3,(H,24,26). The maximum Gasteiger partial charge on any atom is 0.251 e. The van der Waals surface area contributed by atoms with Crippen LogP contribution in [0.25, 0.3) is 0 Å². The number of rotatable bonds is 8. The van der Waals surface area contributed by atoms with Gasteiger partial charge in [-0.2, -0.15) is 4.31 Å². The van der Waals surface area contributed by atoms with Gasteiger partial charge in [-0.05, 0) is 29.8 Å². The lowest BCUT2D eigenvalue weighted by atomic mass is 9.84. The lowest BCUT2D eigenvalue weighted by molar-refractivity contribution is 0.0945. The van der Waals surface area contributed by atoms with Gasteiger partial charge in [0.05, 0.1) is 0 Å². The molecular weight excluding hydrogens is 398 g/mol. The quantitative estimate of drug-likeness (QED) is 0.703. The molecule has 0 aliphatic rings. The van der Waals surface area contributed by atoms with Crippen molar-refractivity contribution in [2.24, 2.45) is 0 Å². The summed E-state index contributed by atoms with van der Waals surface area (Å²) in [6.07, 6.45) is 0. The Bertz CT molecular complexity index is 987. The van der Waals surface area contributed by atoms with Gasteiger partial charge in [0, 0.05) is 30.6 Å². The first-order chi connectivity index (χ1) is 13.5. The van der Waals surface area contributed by atoms with Crippen molar-refractivity contribution in [3.63, 3.8) is 0 Å². The van der Waals surface area contributed by atoms with E-state index in [1.165, 1.54) is 12.1 Å². The first-order valence-corrected chi connectivity index (χ1v) is 10.8. The van der Waals surface area contributed by atoms with E-state index in [1.807, 2.05) is 0 Å². The molecule has 0 aliphatic heterocycles. The van der Waals surface area contributed by atoms with Gasteiger partial charge in [0.25, 0.3) is 5.91 Å². The Hall–Kier alpha value is -2.32. The van der Waals surface area contributed by atoms with Crippen molar-refractivity contribution in [3.8, 4) is 0 Å². The van der Waals surface area contributed by atoms with Gasteiger partial charge in [0.2, 0.25) is 10.0 Å². The highest BCUT2D eigenvalue weighted by Crippen LogP contribution is 2.25. The Kier molecular flexibility index (Phi) is 7.13. The van der Waals surface area contributed by atoms with Gasteiger partial charge in [-0.3, -0.25) is 4.79 Å². The van der Waals surface area contributed by atoms with Crippen LogP contribution in [0.15, 0.2) is 47.4 Å². The second kappa shape index (κ2) is 9.00. The topological polar surface area (TPSA) is 66.5 Å². The van der Waals surface area contributed by atoms with E-state index in [1.54, 1.807) is 45.9 Å². The van der Waals surface area contributed by atoms with E-state index in [4.69, 9.17) is 0 Å². The van der Waals surface area contributed by atoms with Gasteiger partial charge >= 0.3 is 0 Å². The zero-order valence-corrected chi connectivity index (χ0v) is 17.8. The summed E-state index contributed by atoms with van der Waals surface area (Å²) >= 11 is 0. The molecule has 1 amide bonds. The van der Waals surface area contributed by atoms with Gasteiger partial charge in [-0.1, -0.05) is 45.9 Å². The number of hydrogen-bond acceptors (Lipinski definition) is 3. The molecule has 0 heterocycles. The van der Waals surface area contributed by atoms with Crippen molar-refractivity contribution in [2.45, 2.75) is 38.0 Å². The van der Waals surface area contributed by atoms with Crippen LogP contribution in [0.4, 0.5) is 8.78 Å². The Balaban J connectivity index is 2.25. The van der Waals surface area contributed by atoms with Crippen molar-refractivity contribution >= 4 is 15.9 Å². The van der Waals surface area contributed by atoms with Gasteiger partial charge in [-0.25, -0.2) is 17.2 Å². The van der Waals surface area contributed by atoms with Gasteiger partial charge in [0.1, 0.15) is 16.5 Å². The minimum absolute atomic E-state index is 0.0152. The molecule has 0 radical (unpaired) electrons. The monoisotopic (exact) mass is 424 g/mol. The third-order valence-electron chi connectivity index (χ3n) is 4.81. The van der Waals surface area contributed by atoms with E-state index in [2.05, 4.69) is 5.32 Å². The van der Waals surface area contributed by atoms with Gasteiger partial charge < -0.3 is 5.32 Å². The molecule has 0 saturated carbocycles. The first kappa shape index (κ1) is 23.0. The number of carbonyl (C=O) groups is 1. The molecule has 29 heavy (non-hydrogen) atoms. The number of amides is 1. The molecule has 0 aliphatic carbocycles. The molecular formula is C21H26F2N2O3S. The molecule has 2 rings (SSSR count). The zero-order valence-electron chi connectivity index (χ0n) is 17.0. The molecule has 0 atom stereocenters. The predicted octanol–water partition coefficient (Wildman–Crippen LogP) is 3.70. The lowest BCUT2D eigenvalue weighted by Crippen LogP contribution is -2.37. The molecule has 0 saturated heterocycles. The number of benzene rings is 2. The molecule has 158 valence electrons. The number of carbonyl (C=O) groups excluding carboxylic acids is 1. The largest absolute Gasteiger partial charge is 0.351 e. The van der Waals surface area contributed by atoms with Crippen molar-refractivity contribution in [3.05, 3.63) is 65.2 Å². The maximum atomic E-state index is 14.2. The van der Waals surface area contributed by atoms with Crippen molar-refractivity contribution in [2.75, 3.05) is 19.6 Å². The van der Waals surface area contributed by atoms with E-state index in [0.717, 1.165) is 16.4 Å². The van der Waals surface area contributed by atoms with Crippen LogP contribution in [0.2, 0.25) is 0 Å². The molecule has 5 nitrogen and oxygen atoms in total. The van der Waals surface area contributed by atoms with Crippen molar-refractivity contribution in [1.29, 1.82) is 0 Å². The SMILES string of the molecule is CCN(CC)S(=O)(=O)c1cc(C(=O)NCC(C)(C)c2ccccc2F)ccc1F. The molecule has 0 aromatic heterocycles. The highest BCUT2D eigenvalue weighted by Gasteiger charge is 2.28. The van der Waals surface area contributed by atoms with E-state index < -0.39 is 32.1 Å². The second-order valence-electron chi connectivity index (χ2n) is 7.28. The number of nitrogens with one attached hydrogen (secondary N) is 1. The first-order valence-electron chi connectivity index (χ1n) is 9.37. The van der Waals surface area contributed by atoms with Gasteiger partial charge in [-0.15, -0.1) is 0 Å². The Morgan fingerprint density at radius 2 is 1.66 bits per heavy atom. The van der Waals surface area contributed by atoms with Crippen LogP contribution < -0.4 is 5.32 Å². The number of sulfonamides is 1. The summed E-state index contributed by atoms with van der Waals surface area (Å²) in [4.78, 5) is 12.0. The maximum absolute atomic E-state index is 14.2. The van der Waals surface area contributed by atoms with E-state index in [9.17, 15) is 22.0 Å². The Labute approximate surface area is 170 Å². The zero-order chi connectivity index (χ0) is 21.8. The molecule has 0 fully saturated rings. The minimum atomic E-state index is -4.05. The third kappa shape index (κ3) is 5.00. The van der Waals surface area contributed by atoms with Gasteiger partial charge in [0.15, 0.2) is 0 Å². The fourth-order valence-corrected chi connectivity index (χ4v) is 4.60. The highest BCUT2D eigenvalue weighted by molar-refractivity contribution is 7.89. The van der Waals surface area contributed by atoms with Crippen LogP contribution >= 0.6 is 0 Å². The summed E-state index contributed by atoms with van der Waals surface area (Å²) < 4.78 is 54.7. The van der Waals surface area contributed by atoms with Crippen LogP contribution in [0.1, 0.15) is 43.6 Å². The van der Waals surface area contributed by atoms with Crippen LogP contribution in [0, 0.1) is 11.6 Å². The highest BCUT2D eigenvalue weighted by atomic mass is 32.2. The minimum Gasteiger partial charge on any atom is -0.351 e. The predicted molar refractivity (Wildman–Crippen MR) is 108 cm³/mol. The summed E-state index contributed by atoms with van der Waals surface area (Å²) in [6, 6.07) is 9.53. The molecule has 2 aromatic carbocycles. The average molecular weight is 425 g/mol.